The highest BCUT2D eigenvalue weighted by molar-refractivity contribution is 6.33. The van der Waals surface area contributed by atoms with Gasteiger partial charge in [-0.25, -0.2) is 0 Å². The van der Waals surface area contributed by atoms with Gasteiger partial charge in [0.15, 0.2) is 0 Å². The maximum atomic E-state index is 12.6. The summed E-state index contributed by atoms with van der Waals surface area (Å²) in [5.74, 6) is 0.862. The Bertz CT molecular complexity index is 794. The van der Waals surface area contributed by atoms with Crippen LogP contribution < -0.4 is 9.64 Å². The molecule has 0 radical (unpaired) electrons. The molecule has 0 saturated carbocycles. The van der Waals surface area contributed by atoms with Gasteiger partial charge in [-0.3, -0.25) is 4.79 Å². The molecule has 136 valence electrons. The predicted molar refractivity (Wildman–Crippen MR) is 107 cm³/mol. The lowest BCUT2D eigenvalue weighted by atomic mass is 10.1. The summed E-state index contributed by atoms with van der Waals surface area (Å²) in [4.78, 5) is 16.7. The number of nitrogens with zero attached hydrogens (tertiary/aromatic N) is 2. The van der Waals surface area contributed by atoms with Crippen LogP contribution in [-0.2, 0) is 4.79 Å². The number of carbonyl (C=O) groups excluding carboxylic acids is 1. The van der Waals surface area contributed by atoms with Crippen molar-refractivity contribution < 1.29 is 9.53 Å². The lowest BCUT2D eigenvalue weighted by molar-refractivity contribution is -0.126. The zero-order chi connectivity index (χ0) is 18.5. The van der Waals surface area contributed by atoms with E-state index in [1.807, 2.05) is 60.4 Å². The number of amides is 1. The largest absolute Gasteiger partial charge is 0.497 e. The van der Waals surface area contributed by atoms with E-state index < -0.39 is 0 Å². The highest BCUT2D eigenvalue weighted by Gasteiger charge is 2.21. The summed E-state index contributed by atoms with van der Waals surface area (Å²) in [6.45, 7) is 4.91. The second-order valence-electron chi connectivity index (χ2n) is 6.32. The van der Waals surface area contributed by atoms with Crippen molar-refractivity contribution in [3.8, 4) is 5.75 Å². The van der Waals surface area contributed by atoms with Crippen molar-refractivity contribution in [2.24, 2.45) is 0 Å². The third kappa shape index (κ3) is 4.20. The van der Waals surface area contributed by atoms with E-state index in [2.05, 4.69) is 4.90 Å². The van der Waals surface area contributed by atoms with Crippen molar-refractivity contribution in [2.75, 3.05) is 38.2 Å². The second-order valence-corrected chi connectivity index (χ2v) is 6.73. The van der Waals surface area contributed by atoms with Crippen LogP contribution in [0.4, 0.5) is 5.69 Å². The highest BCUT2D eigenvalue weighted by Crippen LogP contribution is 2.26. The fourth-order valence-electron chi connectivity index (χ4n) is 3.09. The number of hydrogen-bond acceptors (Lipinski definition) is 3. The van der Waals surface area contributed by atoms with Gasteiger partial charge >= 0.3 is 0 Å². The van der Waals surface area contributed by atoms with Gasteiger partial charge in [-0.1, -0.05) is 35.9 Å². The predicted octanol–water partition coefficient (Wildman–Crippen LogP) is 4.10. The van der Waals surface area contributed by atoms with E-state index in [1.54, 1.807) is 13.2 Å². The number of methoxy groups -OCH3 is 1. The van der Waals surface area contributed by atoms with E-state index >= 15 is 0 Å². The Balaban J connectivity index is 1.61. The molecule has 0 N–H and O–H groups in total. The Morgan fingerprint density at radius 3 is 2.31 bits per heavy atom. The first-order chi connectivity index (χ1) is 12.6. The van der Waals surface area contributed by atoms with Gasteiger partial charge in [-0.2, -0.15) is 0 Å². The Kier molecular flexibility index (Phi) is 5.84. The third-order valence-electron chi connectivity index (χ3n) is 4.67. The van der Waals surface area contributed by atoms with E-state index in [0.717, 1.165) is 40.7 Å². The van der Waals surface area contributed by atoms with E-state index in [-0.39, 0.29) is 5.91 Å². The molecule has 2 aromatic carbocycles. The molecule has 1 fully saturated rings. The molecule has 0 aliphatic carbocycles. The van der Waals surface area contributed by atoms with Gasteiger partial charge < -0.3 is 14.5 Å². The van der Waals surface area contributed by atoms with Gasteiger partial charge in [0.25, 0.3) is 0 Å². The van der Waals surface area contributed by atoms with E-state index in [9.17, 15) is 4.79 Å². The van der Waals surface area contributed by atoms with Crippen LogP contribution in [-0.4, -0.2) is 44.1 Å². The molecule has 2 aromatic rings. The summed E-state index contributed by atoms with van der Waals surface area (Å²) in [7, 11) is 1.64. The number of halogens is 1. The number of ether oxygens (including phenoxy) is 1. The third-order valence-corrected chi connectivity index (χ3v) is 4.99. The smallest absolute Gasteiger partial charge is 0.246 e. The van der Waals surface area contributed by atoms with Crippen molar-refractivity contribution in [1.82, 2.24) is 4.90 Å². The van der Waals surface area contributed by atoms with Crippen LogP contribution >= 0.6 is 11.6 Å². The zero-order valence-electron chi connectivity index (χ0n) is 15.1. The summed E-state index contributed by atoms with van der Waals surface area (Å²) in [5, 5.41) is 0.752. The molecule has 26 heavy (non-hydrogen) atoms. The highest BCUT2D eigenvalue weighted by atomic mass is 35.5. The summed E-state index contributed by atoms with van der Waals surface area (Å²) in [6, 6.07) is 15.6. The lowest BCUT2D eigenvalue weighted by Gasteiger charge is -2.36. The number of rotatable bonds is 4. The number of carbonyl (C=O) groups is 1. The molecular weight excluding hydrogens is 348 g/mol. The maximum Gasteiger partial charge on any atom is 0.246 e. The van der Waals surface area contributed by atoms with E-state index in [1.165, 1.54) is 0 Å². The number of anilines is 1. The number of para-hydroxylation sites is 1. The minimum absolute atomic E-state index is 0.0529. The fourth-order valence-corrected chi connectivity index (χ4v) is 3.34. The van der Waals surface area contributed by atoms with Crippen LogP contribution in [0.25, 0.3) is 5.57 Å². The summed E-state index contributed by atoms with van der Waals surface area (Å²) in [5.41, 5.74) is 3.01. The van der Waals surface area contributed by atoms with Crippen LogP contribution in [0.2, 0.25) is 5.02 Å². The monoisotopic (exact) mass is 370 g/mol. The Morgan fingerprint density at radius 1 is 1.04 bits per heavy atom. The van der Waals surface area contributed by atoms with E-state index in [0.29, 0.717) is 13.1 Å². The molecule has 1 heterocycles. The van der Waals surface area contributed by atoms with Crippen molar-refractivity contribution in [3.63, 3.8) is 0 Å². The van der Waals surface area contributed by atoms with Crippen molar-refractivity contribution in [1.29, 1.82) is 0 Å². The van der Waals surface area contributed by atoms with Crippen LogP contribution in [0.5, 0.6) is 5.75 Å². The molecule has 0 atom stereocenters. The first kappa shape index (κ1) is 18.3. The first-order valence-electron chi connectivity index (χ1n) is 8.69. The van der Waals surface area contributed by atoms with Crippen molar-refractivity contribution in [3.05, 3.63) is 65.2 Å². The first-order valence-corrected chi connectivity index (χ1v) is 9.07. The maximum absolute atomic E-state index is 12.6. The summed E-state index contributed by atoms with van der Waals surface area (Å²) >= 11 is 6.27. The molecule has 4 nitrogen and oxygen atoms in total. The number of benzene rings is 2. The Labute approximate surface area is 159 Å². The van der Waals surface area contributed by atoms with Gasteiger partial charge in [-0.05, 0) is 42.3 Å². The van der Waals surface area contributed by atoms with Crippen LogP contribution in [0.15, 0.2) is 54.6 Å². The average molecular weight is 371 g/mol. The molecule has 0 bridgehead atoms. The molecule has 1 aliphatic rings. The van der Waals surface area contributed by atoms with Gasteiger partial charge in [0.05, 0.1) is 17.8 Å². The van der Waals surface area contributed by atoms with E-state index in [4.69, 9.17) is 16.3 Å². The molecule has 0 aromatic heterocycles. The van der Waals surface area contributed by atoms with Crippen molar-refractivity contribution in [2.45, 2.75) is 6.92 Å². The molecule has 0 unspecified atom stereocenters. The van der Waals surface area contributed by atoms with Gasteiger partial charge in [-0.15, -0.1) is 0 Å². The molecule has 3 rings (SSSR count). The number of allylic oxidation sites excluding steroid dienone is 1. The van der Waals surface area contributed by atoms with Gasteiger partial charge in [0, 0.05) is 32.3 Å². The molecular formula is C21H23ClN2O2. The van der Waals surface area contributed by atoms with Crippen LogP contribution in [0.3, 0.4) is 0 Å². The quantitative estimate of drug-likeness (QED) is 0.759. The standard InChI is InChI=1S/C21H23ClN2O2/c1-16(17-7-9-18(26-2)10-8-17)15-21(25)24-13-11-23(12-14-24)20-6-4-3-5-19(20)22/h3-10,15H,11-14H2,1-2H3. The van der Waals surface area contributed by atoms with Crippen LogP contribution in [0.1, 0.15) is 12.5 Å². The fraction of sp³-hybridized carbons (Fsp3) is 0.286. The summed E-state index contributed by atoms with van der Waals surface area (Å²) in [6.07, 6.45) is 1.72. The van der Waals surface area contributed by atoms with Gasteiger partial charge in [0.2, 0.25) is 5.91 Å². The van der Waals surface area contributed by atoms with Crippen molar-refractivity contribution >= 4 is 28.8 Å². The lowest BCUT2D eigenvalue weighted by Crippen LogP contribution is -2.48. The van der Waals surface area contributed by atoms with Crippen LogP contribution in [0, 0.1) is 0 Å². The minimum Gasteiger partial charge on any atom is -0.497 e. The Morgan fingerprint density at radius 2 is 1.69 bits per heavy atom. The minimum atomic E-state index is 0.0529. The summed E-state index contributed by atoms with van der Waals surface area (Å²) < 4.78 is 5.17. The molecule has 1 saturated heterocycles. The topological polar surface area (TPSA) is 32.8 Å². The second kappa shape index (κ2) is 8.28. The number of piperazine rings is 1. The molecule has 1 amide bonds. The normalized spacial score (nSPS) is 15.1. The SMILES string of the molecule is COc1ccc(C(C)=CC(=O)N2CCN(c3ccccc3Cl)CC2)cc1. The molecule has 1 aliphatic heterocycles. The number of hydrogen-bond donors (Lipinski definition) is 0. The molecule has 0 spiro atoms. The zero-order valence-corrected chi connectivity index (χ0v) is 15.9. The molecule has 5 heteroatoms. The van der Waals surface area contributed by atoms with Gasteiger partial charge in [0.1, 0.15) is 5.75 Å². The Hall–Kier alpha value is -2.46. The average Bonchev–Trinajstić information content (AvgIpc) is 2.68.